The molecule has 1 aromatic heterocycles. The van der Waals surface area contributed by atoms with Gasteiger partial charge in [0.1, 0.15) is 0 Å². The summed E-state index contributed by atoms with van der Waals surface area (Å²) in [7, 11) is 0. The molecule has 1 aromatic rings. The molecule has 12 heavy (non-hydrogen) atoms. The second-order valence-electron chi connectivity index (χ2n) is 2.62. The number of nitrogens with zero attached hydrogens (tertiary/aromatic N) is 3. The van der Waals surface area contributed by atoms with Crippen molar-refractivity contribution in [1.82, 2.24) is 9.55 Å². The zero-order chi connectivity index (χ0) is 8.55. The Labute approximate surface area is 68.3 Å². The molecule has 0 unspecified atom stereocenters. The van der Waals surface area contributed by atoms with Crippen molar-refractivity contribution in [1.29, 1.82) is 0 Å². The van der Waals surface area contributed by atoms with Crippen LogP contribution in [0.15, 0.2) is 17.1 Å². The molecule has 0 N–H and O–H groups in total. The van der Waals surface area contributed by atoms with Crippen LogP contribution in [0.1, 0.15) is 0 Å². The molecule has 0 aliphatic carbocycles. The summed E-state index contributed by atoms with van der Waals surface area (Å²) < 4.78 is 13.8. The molecule has 0 radical (unpaired) electrons. The van der Waals surface area contributed by atoms with Crippen molar-refractivity contribution in [2.75, 3.05) is 18.2 Å². The Balaban J connectivity index is 2.53. The average molecular weight is 169 g/mol. The molecule has 0 bridgehead atoms. The monoisotopic (exact) mass is 169 g/mol. The average Bonchev–Trinajstić information content (AvgIpc) is 2.49. The van der Waals surface area contributed by atoms with Crippen LogP contribution >= 0.6 is 0 Å². The first-order chi connectivity index (χ1) is 5.83. The van der Waals surface area contributed by atoms with Crippen LogP contribution in [-0.4, -0.2) is 22.9 Å². The van der Waals surface area contributed by atoms with Gasteiger partial charge in [0.05, 0.1) is 0 Å². The van der Waals surface area contributed by atoms with Crippen LogP contribution < -0.4 is 10.5 Å². The Morgan fingerprint density at radius 1 is 1.58 bits per heavy atom. The lowest BCUT2D eigenvalue weighted by molar-refractivity contribution is 0.479. The van der Waals surface area contributed by atoms with Crippen molar-refractivity contribution < 1.29 is 4.39 Å². The highest BCUT2D eigenvalue weighted by Gasteiger charge is 2.19. The molecule has 0 fully saturated rings. The molecule has 1 aliphatic rings. The van der Waals surface area contributed by atoms with Gasteiger partial charge in [0, 0.05) is 25.4 Å². The van der Waals surface area contributed by atoms with Crippen LogP contribution in [0, 0.1) is 0 Å². The topological polar surface area (TPSA) is 38.1 Å². The molecule has 0 saturated heterocycles. The van der Waals surface area contributed by atoms with E-state index in [9.17, 15) is 9.18 Å². The van der Waals surface area contributed by atoms with Gasteiger partial charge in [0.25, 0.3) is 5.56 Å². The summed E-state index contributed by atoms with van der Waals surface area (Å²) in [6.07, 6.45) is 1.40. The van der Waals surface area contributed by atoms with Gasteiger partial charge in [0.2, 0.25) is 5.95 Å². The first-order valence-corrected chi connectivity index (χ1v) is 3.69. The van der Waals surface area contributed by atoms with Crippen molar-refractivity contribution in [3.8, 4) is 0 Å². The zero-order valence-electron chi connectivity index (χ0n) is 6.40. The van der Waals surface area contributed by atoms with Gasteiger partial charge < -0.3 is 4.90 Å². The number of aromatic nitrogens is 2. The van der Waals surface area contributed by atoms with E-state index in [2.05, 4.69) is 4.98 Å². The van der Waals surface area contributed by atoms with E-state index in [1.54, 1.807) is 0 Å². The number of anilines is 1. The first kappa shape index (κ1) is 7.27. The van der Waals surface area contributed by atoms with E-state index in [-0.39, 0.29) is 5.56 Å². The maximum absolute atomic E-state index is 12.3. The van der Waals surface area contributed by atoms with Gasteiger partial charge in [0.15, 0.2) is 6.80 Å². The minimum atomic E-state index is -0.587. The van der Waals surface area contributed by atoms with E-state index in [1.807, 2.05) is 0 Å². The summed E-state index contributed by atoms with van der Waals surface area (Å²) in [5, 5.41) is 0. The molecule has 1 aliphatic heterocycles. The molecule has 0 spiro atoms. The van der Waals surface area contributed by atoms with Crippen LogP contribution in [-0.2, 0) is 6.54 Å². The summed E-state index contributed by atoms with van der Waals surface area (Å²) in [4.78, 5) is 16.5. The van der Waals surface area contributed by atoms with Crippen LogP contribution in [0.25, 0.3) is 0 Å². The maximum atomic E-state index is 12.3. The molecule has 2 rings (SSSR count). The largest absolute Gasteiger partial charge is 0.313 e. The number of fused-ring (bicyclic) bond motifs is 1. The van der Waals surface area contributed by atoms with Crippen LogP contribution in [0.2, 0.25) is 0 Å². The zero-order valence-corrected chi connectivity index (χ0v) is 6.40. The standard InChI is InChI=1S/C7H8FN3O/c8-5-10-3-4-11-6(12)1-2-9-7(10)11/h1-2H,3-5H2. The Bertz CT molecular complexity index is 349. The normalized spacial score (nSPS) is 14.9. The number of rotatable bonds is 1. The fraction of sp³-hybridized carbons (Fsp3) is 0.429. The summed E-state index contributed by atoms with van der Waals surface area (Å²) in [6, 6.07) is 1.38. The molecular formula is C7H8FN3O. The van der Waals surface area contributed by atoms with Crippen molar-refractivity contribution in [3.05, 3.63) is 22.6 Å². The van der Waals surface area contributed by atoms with Gasteiger partial charge in [-0.25, -0.2) is 9.37 Å². The molecule has 0 atom stereocenters. The van der Waals surface area contributed by atoms with Crippen LogP contribution in [0.3, 0.4) is 0 Å². The molecule has 0 aromatic carbocycles. The van der Waals surface area contributed by atoms with Crippen molar-refractivity contribution >= 4 is 5.95 Å². The number of alkyl halides is 1. The predicted octanol–water partition coefficient (Wildman–Crippen LogP) is -0.00970. The second-order valence-corrected chi connectivity index (χ2v) is 2.62. The summed E-state index contributed by atoms with van der Waals surface area (Å²) in [5.74, 6) is 0.435. The lowest BCUT2D eigenvalue weighted by atomic mass is 10.6. The molecule has 5 heteroatoms. The van der Waals surface area contributed by atoms with Crippen molar-refractivity contribution in [2.45, 2.75) is 6.54 Å². The van der Waals surface area contributed by atoms with Gasteiger partial charge in [-0.1, -0.05) is 0 Å². The highest BCUT2D eigenvalue weighted by Crippen LogP contribution is 2.13. The summed E-state index contributed by atoms with van der Waals surface area (Å²) >= 11 is 0. The van der Waals surface area contributed by atoms with Gasteiger partial charge in [-0.2, -0.15) is 0 Å². The lowest BCUT2D eigenvalue weighted by Crippen LogP contribution is -2.21. The minimum Gasteiger partial charge on any atom is -0.313 e. The highest BCUT2D eigenvalue weighted by molar-refractivity contribution is 5.33. The molecule has 4 nitrogen and oxygen atoms in total. The predicted molar refractivity (Wildman–Crippen MR) is 41.8 cm³/mol. The van der Waals surface area contributed by atoms with E-state index < -0.39 is 6.80 Å². The van der Waals surface area contributed by atoms with Gasteiger partial charge >= 0.3 is 0 Å². The van der Waals surface area contributed by atoms with E-state index >= 15 is 0 Å². The Morgan fingerprint density at radius 2 is 2.42 bits per heavy atom. The molecule has 0 saturated carbocycles. The smallest absolute Gasteiger partial charge is 0.254 e. The fourth-order valence-corrected chi connectivity index (χ4v) is 1.32. The number of hydrogen-bond acceptors (Lipinski definition) is 3. The second kappa shape index (κ2) is 2.58. The number of halogens is 1. The van der Waals surface area contributed by atoms with Crippen molar-refractivity contribution in [2.24, 2.45) is 0 Å². The molecule has 0 amide bonds. The highest BCUT2D eigenvalue weighted by atomic mass is 19.1. The molecule has 64 valence electrons. The van der Waals surface area contributed by atoms with Crippen LogP contribution in [0.5, 0.6) is 0 Å². The van der Waals surface area contributed by atoms with Crippen LogP contribution in [0.4, 0.5) is 10.3 Å². The van der Waals surface area contributed by atoms with E-state index in [0.717, 1.165) is 0 Å². The van der Waals surface area contributed by atoms with E-state index in [1.165, 1.54) is 21.7 Å². The van der Waals surface area contributed by atoms with E-state index in [4.69, 9.17) is 0 Å². The number of hydrogen-bond donors (Lipinski definition) is 0. The summed E-state index contributed by atoms with van der Waals surface area (Å²) in [6.45, 7) is 0.477. The van der Waals surface area contributed by atoms with Gasteiger partial charge in [-0.05, 0) is 0 Å². The van der Waals surface area contributed by atoms with Crippen molar-refractivity contribution in [3.63, 3.8) is 0 Å². The quantitative estimate of drug-likeness (QED) is 0.555. The fourth-order valence-electron chi connectivity index (χ4n) is 1.32. The maximum Gasteiger partial charge on any atom is 0.254 e. The van der Waals surface area contributed by atoms with Gasteiger partial charge in [-0.3, -0.25) is 9.36 Å². The van der Waals surface area contributed by atoms with E-state index in [0.29, 0.717) is 19.0 Å². The molecular weight excluding hydrogens is 161 g/mol. The Morgan fingerprint density at radius 3 is 3.17 bits per heavy atom. The van der Waals surface area contributed by atoms with Gasteiger partial charge in [-0.15, -0.1) is 0 Å². The third kappa shape index (κ3) is 0.895. The summed E-state index contributed by atoms with van der Waals surface area (Å²) in [5.41, 5.74) is -0.115. The third-order valence-electron chi connectivity index (χ3n) is 1.94. The Hall–Kier alpha value is -1.39. The first-order valence-electron chi connectivity index (χ1n) is 3.69. The lowest BCUT2D eigenvalue weighted by Gasteiger charge is -2.10. The molecule has 2 heterocycles. The SMILES string of the molecule is O=c1ccnc2n1CCN2CF. The minimum absolute atomic E-state index is 0.115. The Kier molecular flexibility index (Phi) is 1.56. The third-order valence-corrected chi connectivity index (χ3v) is 1.94.